The molecule has 2 N–H and O–H groups in total. The molecule has 0 atom stereocenters. The Hall–Kier alpha value is -1.88. The van der Waals surface area contributed by atoms with E-state index in [4.69, 9.17) is 4.74 Å². The van der Waals surface area contributed by atoms with Crippen molar-refractivity contribution in [1.29, 1.82) is 0 Å². The van der Waals surface area contributed by atoms with Crippen LogP contribution in [0.2, 0.25) is 0 Å². The van der Waals surface area contributed by atoms with Crippen LogP contribution >= 0.6 is 0 Å². The van der Waals surface area contributed by atoms with E-state index in [1.54, 1.807) is 24.3 Å². The van der Waals surface area contributed by atoms with Crippen LogP contribution in [0.4, 0.5) is 5.69 Å². The van der Waals surface area contributed by atoms with Crippen LogP contribution in [0.25, 0.3) is 0 Å². The molecule has 5 nitrogen and oxygen atoms in total. The Kier molecular flexibility index (Phi) is 8.98. The minimum atomic E-state index is -0.112. The highest BCUT2D eigenvalue weighted by Gasteiger charge is 2.14. The second kappa shape index (κ2) is 10.8. The van der Waals surface area contributed by atoms with Crippen molar-refractivity contribution in [2.24, 2.45) is 5.92 Å². The molecular formula is C18H28N2O3. The number of ether oxygens (including phenoxy) is 1. The maximum Gasteiger partial charge on any atom is 0.251 e. The molecule has 0 unspecified atom stereocenters. The fraction of sp³-hybridized carbons (Fsp3) is 0.556. The Labute approximate surface area is 138 Å². The number of carbonyl (C=O) groups excluding carboxylic acids is 2. The summed E-state index contributed by atoms with van der Waals surface area (Å²) < 4.78 is 5.22. The largest absolute Gasteiger partial charge is 0.382 e. The summed E-state index contributed by atoms with van der Waals surface area (Å²) in [6.07, 6.45) is 2.44. The fourth-order valence-corrected chi connectivity index (χ4v) is 2.23. The van der Waals surface area contributed by atoms with Crippen molar-refractivity contribution >= 4 is 17.5 Å². The first kappa shape index (κ1) is 19.2. The van der Waals surface area contributed by atoms with Crippen molar-refractivity contribution in [3.8, 4) is 0 Å². The summed E-state index contributed by atoms with van der Waals surface area (Å²) >= 11 is 0. The van der Waals surface area contributed by atoms with Gasteiger partial charge in [0.05, 0.1) is 0 Å². The van der Waals surface area contributed by atoms with Crippen molar-refractivity contribution in [2.75, 3.05) is 25.1 Å². The molecule has 1 aromatic rings. The lowest BCUT2D eigenvalue weighted by Crippen LogP contribution is -2.25. The lowest BCUT2D eigenvalue weighted by atomic mass is 10.0. The molecule has 0 aliphatic rings. The van der Waals surface area contributed by atoms with Crippen LogP contribution in [0.15, 0.2) is 24.3 Å². The van der Waals surface area contributed by atoms with Crippen molar-refractivity contribution in [1.82, 2.24) is 5.32 Å². The number of hydrogen-bond donors (Lipinski definition) is 2. The highest BCUT2D eigenvalue weighted by molar-refractivity contribution is 5.96. The zero-order chi connectivity index (χ0) is 17.1. The van der Waals surface area contributed by atoms with E-state index in [0.717, 1.165) is 24.9 Å². The van der Waals surface area contributed by atoms with E-state index in [0.29, 0.717) is 25.3 Å². The standard InChI is InChI=1S/C18H28N2O3/c1-4-14(5-2)18(22)20-16-10-8-15(9-11-16)17(21)19-12-7-13-23-6-3/h8-11,14H,4-7,12-13H2,1-3H3,(H,19,21)(H,20,22). The first-order valence-electron chi connectivity index (χ1n) is 8.39. The first-order chi connectivity index (χ1) is 11.1. The molecule has 0 aromatic heterocycles. The molecule has 0 fully saturated rings. The van der Waals surface area contributed by atoms with Gasteiger partial charge in [0.25, 0.3) is 5.91 Å². The van der Waals surface area contributed by atoms with Gasteiger partial charge in [0, 0.05) is 36.9 Å². The van der Waals surface area contributed by atoms with E-state index < -0.39 is 0 Å². The van der Waals surface area contributed by atoms with Crippen LogP contribution in [-0.4, -0.2) is 31.6 Å². The number of hydrogen-bond acceptors (Lipinski definition) is 3. The molecule has 1 rings (SSSR count). The van der Waals surface area contributed by atoms with Crippen molar-refractivity contribution in [2.45, 2.75) is 40.0 Å². The van der Waals surface area contributed by atoms with Gasteiger partial charge in [-0.2, -0.15) is 0 Å². The third-order valence-corrected chi connectivity index (χ3v) is 3.73. The SMILES string of the molecule is CCOCCCNC(=O)c1ccc(NC(=O)C(CC)CC)cc1. The number of nitrogens with one attached hydrogen (secondary N) is 2. The van der Waals surface area contributed by atoms with Crippen molar-refractivity contribution in [3.63, 3.8) is 0 Å². The minimum absolute atomic E-state index is 0.0307. The average Bonchev–Trinajstić information content (AvgIpc) is 2.56. The second-order valence-corrected chi connectivity index (χ2v) is 5.39. The molecule has 0 radical (unpaired) electrons. The Morgan fingerprint density at radius 3 is 2.30 bits per heavy atom. The van der Waals surface area contributed by atoms with E-state index >= 15 is 0 Å². The zero-order valence-electron chi connectivity index (χ0n) is 14.4. The quantitative estimate of drug-likeness (QED) is 0.650. The first-order valence-corrected chi connectivity index (χ1v) is 8.39. The summed E-state index contributed by atoms with van der Waals surface area (Å²) in [5, 5.41) is 5.74. The van der Waals surface area contributed by atoms with Gasteiger partial charge in [-0.3, -0.25) is 9.59 Å². The minimum Gasteiger partial charge on any atom is -0.382 e. The summed E-state index contributed by atoms with van der Waals surface area (Å²) in [5.41, 5.74) is 1.30. The van der Waals surface area contributed by atoms with E-state index in [9.17, 15) is 9.59 Å². The molecule has 23 heavy (non-hydrogen) atoms. The number of benzene rings is 1. The second-order valence-electron chi connectivity index (χ2n) is 5.39. The number of anilines is 1. The molecule has 0 bridgehead atoms. The van der Waals surface area contributed by atoms with E-state index in [-0.39, 0.29) is 17.7 Å². The van der Waals surface area contributed by atoms with Gasteiger partial charge in [-0.05, 0) is 50.5 Å². The summed E-state index contributed by atoms with van der Waals surface area (Å²) in [7, 11) is 0. The van der Waals surface area contributed by atoms with Gasteiger partial charge >= 0.3 is 0 Å². The van der Waals surface area contributed by atoms with Crippen LogP contribution < -0.4 is 10.6 Å². The van der Waals surface area contributed by atoms with Gasteiger partial charge in [-0.25, -0.2) is 0 Å². The summed E-state index contributed by atoms with van der Waals surface area (Å²) in [4.78, 5) is 24.0. The number of rotatable bonds is 10. The third-order valence-electron chi connectivity index (χ3n) is 3.73. The van der Waals surface area contributed by atoms with Gasteiger partial charge < -0.3 is 15.4 Å². The Morgan fingerprint density at radius 1 is 1.09 bits per heavy atom. The average molecular weight is 320 g/mol. The lowest BCUT2D eigenvalue weighted by molar-refractivity contribution is -0.120. The molecule has 0 saturated heterocycles. The van der Waals surface area contributed by atoms with E-state index in [1.807, 2.05) is 20.8 Å². The monoisotopic (exact) mass is 320 g/mol. The number of amides is 2. The molecule has 2 amide bonds. The Morgan fingerprint density at radius 2 is 1.74 bits per heavy atom. The molecule has 0 heterocycles. The molecule has 1 aromatic carbocycles. The van der Waals surface area contributed by atoms with Gasteiger partial charge in [0.15, 0.2) is 0 Å². The maximum absolute atomic E-state index is 12.0. The molecule has 0 spiro atoms. The van der Waals surface area contributed by atoms with Crippen molar-refractivity contribution in [3.05, 3.63) is 29.8 Å². The van der Waals surface area contributed by atoms with Gasteiger partial charge in [-0.15, -0.1) is 0 Å². The van der Waals surface area contributed by atoms with Crippen LogP contribution in [0, 0.1) is 5.92 Å². The summed E-state index contributed by atoms with van der Waals surface area (Å²) in [6, 6.07) is 6.96. The highest BCUT2D eigenvalue weighted by Crippen LogP contribution is 2.14. The summed E-state index contributed by atoms with van der Waals surface area (Å²) in [6.45, 7) is 7.89. The smallest absolute Gasteiger partial charge is 0.251 e. The Bertz CT molecular complexity index is 482. The van der Waals surface area contributed by atoms with Crippen LogP contribution in [0.5, 0.6) is 0 Å². The predicted molar refractivity (Wildman–Crippen MR) is 92.6 cm³/mol. The van der Waals surface area contributed by atoms with Crippen LogP contribution in [0.1, 0.15) is 50.4 Å². The van der Waals surface area contributed by atoms with Crippen LogP contribution in [-0.2, 0) is 9.53 Å². The maximum atomic E-state index is 12.0. The molecule has 0 aliphatic carbocycles. The molecular weight excluding hydrogens is 292 g/mol. The van der Waals surface area contributed by atoms with Gasteiger partial charge in [-0.1, -0.05) is 13.8 Å². The summed E-state index contributed by atoms with van der Waals surface area (Å²) in [5.74, 6) is -0.0502. The van der Waals surface area contributed by atoms with Crippen LogP contribution in [0.3, 0.4) is 0 Å². The third kappa shape index (κ3) is 6.82. The van der Waals surface area contributed by atoms with Crippen molar-refractivity contribution < 1.29 is 14.3 Å². The van der Waals surface area contributed by atoms with Gasteiger partial charge in [0.2, 0.25) is 5.91 Å². The normalized spacial score (nSPS) is 10.6. The van der Waals surface area contributed by atoms with E-state index in [1.165, 1.54) is 0 Å². The Balaban J connectivity index is 2.46. The molecule has 5 heteroatoms. The fourth-order valence-electron chi connectivity index (χ4n) is 2.23. The molecule has 128 valence electrons. The predicted octanol–water partition coefficient (Wildman–Crippen LogP) is 3.22. The van der Waals surface area contributed by atoms with E-state index in [2.05, 4.69) is 10.6 Å². The molecule has 0 saturated carbocycles. The zero-order valence-corrected chi connectivity index (χ0v) is 14.4. The highest BCUT2D eigenvalue weighted by atomic mass is 16.5. The topological polar surface area (TPSA) is 67.4 Å². The molecule has 0 aliphatic heterocycles. The lowest BCUT2D eigenvalue weighted by Gasteiger charge is -2.13. The van der Waals surface area contributed by atoms with Gasteiger partial charge in [0.1, 0.15) is 0 Å². The number of carbonyl (C=O) groups is 2.